The molecule has 0 aliphatic heterocycles. The number of rotatable bonds is 5. The highest BCUT2D eigenvalue weighted by Gasteiger charge is 2.20. The average Bonchev–Trinajstić information content (AvgIpc) is 2.36. The first-order valence-corrected chi connectivity index (χ1v) is 6.25. The largest absolute Gasteiger partial charge is 0.298 e. The Kier molecular flexibility index (Phi) is 4.76. The van der Waals surface area contributed by atoms with Gasteiger partial charge in [-0.15, -0.1) is 0 Å². The molecule has 1 atom stereocenters. The minimum absolute atomic E-state index is 0.0172. The monoisotopic (exact) mass is 250 g/mol. The van der Waals surface area contributed by atoms with E-state index in [1.54, 1.807) is 6.92 Å². The van der Waals surface area contributed by atoms with Gasteiger partial charge in [0.1, 0.15) is 5.82 Å². The molecule has 0 spiro atoms. The van der Waals surface area contributed by atoms with E-state index >= 15 is 0 Å². The van der Waals surface area contributed by atoms with Gasteiger partial charge >= 0.3 is 0 Å². The number of ketones is 1. The summed E-state index contributed by atoms with van der Waals surface area (Å²) in [4.78, 5) is 23.1. The molecule has 0 aromatic heterocycles. The zero-order valence-electron chi connectivity index (χ0n) is 11.3. The van der Waals surface area contributed by atoms with Gasteiger partial charge in [0.2, 0.25) is 0 Å². The maximum Gasteiger partial charge on any atom is 0.166 e. The van der Waals surface area contributed by atoms with Crippen molar-refractivity contribution in [3.05, 3.63) is 34.6 Å². The molecular weight excluding hydrogens is 231 g/mol. The topological polar surface area (TPSA) is 34.1 Å². The van der Waals surface area contributed by atoms with Crippen molar-refractivity contribution in [1.29, 1.82) is 0 Å². The third-order valence-corrected chi connectivity index (χ3v) is 3.24. The molecule has 1 unspecified atom stereocenters. The second-order valence-electron chi connectivity index (χ2n) is 4.91. The molecule has 98 valence electrons. The number of aldehydes is 1. The molecule has 1 aromatic carbocycles. The number of benzene rings is 1. The van der Waals surface area contributed by atoms with Crippen molar-refractivity contribution in [2.75, 3.05) is 0 Å². The molecule has 0 saturated heterocycles. The second kappa shape index (κ2) is 5.89. The van der Waals surface area contributed by atoms with Gasteiger partial charge in [0, 0.05) is 17.0 Å². The summed E-state index contributed by atoms with van der Waals surface area (Å²) in [5, 5.41) is 0. The highest BCUT2D eigenvalue weighted by molar-refractivity contribution is 6.04. The van der Waals surface area contributed by atoms with Crippen LogP contribution in [0.5, 0.6) is 0 Å². The molecule has 0 heterocycles. The fraction of sp³-hybridized carbons (Fsp3) is 0.467. The van der Waals surface area contributed by atoms with Crippen LogP contribution in [0.15, 0.2) is 12.1 Å². The summed E-state index contributed by atoms with van der Waals surface area (Å²) in [6, 6.07) is 2.69. The van der Waals surface area contributed by atoms with Gasteiger partial charge < -0.3 is 0 Å². The smallest absolute Gasteiger partial charge is 0.166 e. The Labute approximate surface area is 107 Å². The summed E-state index contributed by atoms with van der Waals surface area (Å²) in [6.45, 7) is 7.37. The third kappa shape index (κ3) is 2.84. The van der Waals surface area contributed by atoms with Crippen molar-refractivity contribution >= 4 is 12.1 Å². The van der Waals surface area contributed by atoms with Crippen molar-refractivity contribution in [2.24, 2.45) is 5.92 Å². The molecule has 3 heteroatoms. The molecular formula is C15H19FO2. The zero-order chi connectivity index (χ0) is 13.9. The Morgan fingerprint density at radius 3 is 2.39 bits per heavy atom. The predicted octanol–water partition coefficient (Wildman–Crippen LogP) is 3.99. The van der Waals surface area contributed by atoms with Gasteiger partial charge in [0.05, 0.1) is 0 Å². The molecule has 0 fully saturated rings. The fourth-order valence-corrected chi connectivity index (χ4v) is 1.81. The van der Waals surface area contributed by atoms with E-state index in [4.69, 9.17) is 0 Å². The Bertz CT molecular complexity index is 464. The number of hydrogen-bond donors (Lipinski definition) is 0. The Hall–Kier alpha value is -1.51. The van der Waals surface area contributed by atoms with Crippen LogP contribution in [-0.2, 0) is 0 Å². The molecule has 0 N–H and O–H groups in total. The van der Waals surface area contributed by atoms with E-state index in [-0.39, 0.29) is 28.7 Å². The van der Waals surface area contributed by atoms with Crippen molar-refractivity contribution in [2.45, 2.75) is 40.0 Å². The summed E-state index contributed by atoms with van der Waals surface area (Å²) >= 11 is 0. The van der Waals surface area contributed by atoms with Gasteiger partial charge in [-0.3, -0.25) is 9.59 Å². The molecule has 1 aromatic rings. The Morgan fingerprint density at radius 1 is 1.33 bits per heavy atom. The number of carbonyl (C=O) groups is 2. The lowest BCUT2D eigenvalue weighted by atomic mass is 9.90. The summed E-state index contributed by atoms with van der Waals surface area (Å²) in [5.74, 6) is -0.805. The standard InChI is InChI=1S/C15H19FO2/c1-5-10(4)15(18)13-7-14(16)12(9(2)3)6-11(13)8-17/h6-10H,5H2,1-4H3. The predicted molar refractivity (Wildman–Crippen MR) is 69.7 cm³/mol. The highest BCUT2D eigenvalue weighted by atomic mass is 19.1. The van der Waals surface area contributed by atoms with Crippen LogP contribution < -0.4 is 0 Å². The fourth-order valence-electron chi connectivity index (χ4n) is 1.81. The lowest BCUT2D eigenvalue weighted by molar-refractivity contribution is 0.0922. The van der Waals surface area contributed by atoms with E-state index in [2.05, 4.69) is 0 Å². The minimum atomic E-state index is -0.415. The van der Waals surface area contributed by atoms with Crippen molar-refractivity contribution < 1.29 is 14.0 Å². The maximum absolute atomic E-state index is 13.9. The normalized spacial score (nSPS) is 12.6. The van der Waals surface area contributed by atoms with Crippen LogP contribution in [0.1, 0.15) is 66.3 Å². The van der Waals surface area contributed by atoms with Gasteiger partial charge in [0.15, 0.2) is 12.1 Å². The van der Waals surface area contributed by atoms with Crippen molar-refractivity contribution in [3.63, 3.8) is 0 Å². The molecule has 1 rings (SSSR count). The van der Waals surface area contributed by atoms with Crippen molar-refractivity contribution in [3.8, 4) is 0 Å². The molecule has 18 heavy (non-hydrogen) atoms. The lowest BCUT2D eigenvalue weighted by Gasteiger charge is -2.13. The van der Waals surface area contributed by atoms with Gasteiger partial charge in [-0.1, -0.05) is 27.7 Å². The van der Waals surface area contributed by atoms with Crippen LogP contribution in [0.2, 0.25) is 0 Å². The zero-order valence-corrected chi connectivity index (χ0v) is 11.3. The van der Waals surface area contributed by atoms with Crippen molar-refractivity contribution in [1.82, 2.24) is 0 Å². The molecule has 0 bridgehead atoms. The van der Waals surface area contributed by atoms with E-state index in [0.717, 1.165) is 0 Å². The van der Waals surface area contributed by atoms with Crippen LogP contribution in [0, 0.1) is 11.7 Å². The van der Waals surface area contributed by atoms with E-state index in [0.29, 0.717) is 18.3 Å². The molecule has 0 aliphatic carbocycles. The number of carbonyl (C=O) groups excluding carboxylic acids is 2. The van der Waals surface area contributed by atoms with E-state index in [1.165, 1.54) is 12.1 Å². The first-order chi connectivity index (χ1) is 8.42. The molecule has 0 saturated carbocycles. The second-order valence-corrected chi connectivity index (χ2v) is 4.91. The van der Waals surface area contributed by atoms with Gasteiger partial charge in [-0.25, -0.2) is 4.39 Å². The van der Waals surface area contributed by atoms with E-state index in [9.17, 15) is 14.0 Å². The third-order valence-electron chi connectivity index (χ3n) is 3.24. The van der Waals surface area contributed by atoms with Gasteiger partial charge in [0.25, 0.3) is 0 Å². The summed E-state index contributed by atoms with van der Waals surface area (Å²) in [7, 11) is 0. The number of Topliss-reactive ketones (excluding diaryl/α,β-unsaturated/α-hetero) is 1. The molecule has 0 amide bonds. The summed E-state index contributed by atoms with van der Waals surface area (Å²) in [5.41, 5.74) is 0.949. The van der Waals surface area contributed by atoms with Crippen LogP contribution in [0.4, 0.5) is 4.39 Å². The Morgan fingerprint density at radius 2 is 1.94 bits per heavy atom. The minimum Gasteiger partial charge on any atom is -0.298 e. The van der Waals surface area contributed by atoms with Gasteiger partial charge in [-0.05, 0) is 30.0 Å². The molecule has 2 nitrogen and oxygen atoms in total. The average molecular weight is 250 g/mol. The first kappa shape index (κ1) is 14.6. The maximum atomic E-state index is 13.9. The van der Waals surface area contributed by atoms with Crippen LogP contribution in [0.25, 0.3) is 0 Å². The summed E-state index contributed by atoms with van der Waals surface area (Å²) < 4.78 is 13.9. The quantitative estimate of drug-likeness (QED) is 0.585. The first-order valence-electron chi connectivity index (χ1n) is 6.25. The van der Waals surface area contributed by atoms with Crippen LogP contribution in [-0.4, -0.2) is 12.1 Å². The summed E-state index contributed by atoms with van der Waals surface area (Å²) in [6.07, 6.45) is 1.30. The van der Waals surface area contributed by atoms with Crippen LogP contribution in [0.3, 0.4) is 0 Å². The molecule has 0 radical (unpaired) electrons. The van der Waals surface area contributed by atoms with Crippen LogP contribution >= 0.6 is 0 Å². The highest BCUT2D eigenvalue weighted by Crippen LogP contribution is 2.24. The SMILES string of the molecule is CCC(C)C(=O)c1cc(F)c(C(C)C)cc1C=O. The van der Waals surface area contributed by atoms with E-state index < -0.39 is 5.82 Å². The number of hydrogen-bond acceptors (Lipinski definition) is 2. The number of halogens is 1. The van der Waals surface area contributed by atoms with Gasteiger partial charge in [-0.2, -0.15) is 0 Å². The Balaban J connectivity index is 3.33. The van der Waals surface area contributed by atoms with E-state index in [1.807, 2.05) is 20.8 Å². The lowest BCUT2D eigenvalue weighted by Crippen LogP contribution is -2.14. The molecule has 0 aliphatic rings.